The summed E-state index contributed by atoms with van der Waals surface area (Å²) in [5, 5.41) is 0. The molecule has 0 N–H and O–H groups in total. The Hall–Kier alpha value is -2.46. The fourth-order valence-corrected chi connectivity index (χ4v) is 4.17. The summed E-state index contributed by atoms with van der Waals surface area (Å²) < 4.78 is 5.79. The largest absolute Gasteiger partial charge is 0.494 e. The Labute approximate surface area is 183 Å². The van der Waals surface area contributed by atoms with E-state index in [0.29, 0.717) is 11.8 Å². The van der Waals surface area contributed by atoms with E-state index < -0.39 is 0 Å². The molecule has 0 bridgehead atoms. The minimum atomic E-state index is 0.666. The van der Waals surface area contributed by atoms with E-state index in [1.165, 1.54) is 49.7 Å². The number of allylic oxidation sites excluding steroid dienone is 2. The van der Waals surface area contributed by atoms with Crippen molar-refractivity contribution in [2.45, 2.75) is 71.1 Å². The van der Waals surface area contributed by atoms with Crippen LogP contribution in [0.5, 0.6) is 5.75 Å². The van der Waals surface area contributed by atoms with Gasteiger partial charge in [0.05, 0.1) is 6.61 Å². The second-order valence-electron chi connectivity index (χ2n) is 8.46. The van der Waals surface area contributed by atoms with Gasteiger partial charge in [-0.05, 0) is 91.8 Å². The van der Waals surface area contributed by atoms with Gasteiger partial charge in [-0.3, -0.25) is 0 Å². The van der Waals surface area contributed by atoms with E-state index in [-0.39, 0.29) is 0 Å². The molecule has 158 valence electrons. The van der Waals surface area contributed by atoms with Crippen molar-refractivity contribution in [3.05, 3.63) is 77.4 Å². The zero-order valence-corrected chi connectivity index (χ0v) is 18.7. The lowest BCUT2D eigenvalue weighted by Crippen LogP contribution is -2.11. The summed E-state index contributed by atoms with van der Waals surface area (Å²) in [4.78, 5) is 0. The van der Waals surface area contributed by atoms with Crippen molar-refractivity contribution in [2.24, 2.45) is 5.92 Å². The summed E-state index contributed by atoms with van der Waals surface area (Å²) in [6.07, 6.45) is 14.0. The van der Waals surface area contributed by atoms with Gasteiger partial charge in [-0.15, -0.1) is 0 Å². The van der Waals surface area contributed by atoms with Crippen LogP contribution in [-0.4, -0.2) is 6.61 Å². The van der Waals surface area contributed by atoms with E-state index in [0.717, 1.165) is 30.8 Å². The van der Waals surface area contributed by atoms with Gasteiger partial charge in [0.25, 0.3) is 0 Å². The number of benzene rings is 2. The average molecular weight is 401 g/mol. The SMILES string of the molecule is CCCCOc1ccc([C@H]2CC[C@H](/C=C/C#Cc3ccc(CCC)cc3)CC2)cc1. The van der Waals surface area contributed by atoms with E-state index in [1.807, 2.05) is 0 Å². The Balaban J connectivity index is 1.43. The first-order valence-corrected chi connectivity index (χ1v) is 11.8. The standard InChI is InChI=1S/C29H36O/c1-3-5-23-30-29-21-19-28(20-22-29)27-17-15-26(16-18-27)10-7-6-9-25-13-11-24(8-4-2)12-14-25/h7,10-14,19-22,26-27H,3-5,8,15-18,23H2,1-2H3/b10-7+/t26-,27-. The van der Waals surface area contributed by atoms with Gasteiger partial charge < -0.3 is 4.74 Å². The Morgan fingerprint density at radius 2 is 1.63 bits per heavy atom. The molecule has 0 atom stereocenters. The molecule has 0 aliphatic heterocycles. The monoisotopic (exact) mass is 400 g/mol. The van der Waals surface area contributed by atoms with Crippen LogP contribution in [0.25, 0.3) is 0 Å². The quantitative estimate of drug-likeness (QED) is 0.326. The Bertz CT molecular complexity index is 825. The van der Waals surface area contributed by atoms with Crippen molar-refractivity contribution < 1.29 is 4.74 Å². The maximum absolute atomic E-state index is 5.79. The predicted molar refractivity (Wildman–Crippen MR) is 128 cm³/mol. The molecular formula is C29H36O. The highest BCUT2D eigenvalue weighted by molar-refractivity contribution is 5.38. The first kappa shape index (κ1) is 22.2. The molecule has 2 aromatic carbocycles. The fourth-order valence-electron chi connectivity index (χ4n) is 4.17. The molecule has 3 rings (SSSR count). The van der Waals surface area contributed by atoms with Crippen molar-refractivity contribution in [3.8, 4) is 17.6 Å². The molecule has 0 spiro atoms. The van der Waals surface area contributed by atoms with Gasteiger partial charge in [-0.1, -0.05) is 68.9 Å². The number of hydrogen-bond acceptors (Lipinski definition) is 1. The molecule has 30 heavy (non-hydrogen) atoms. The number of rotatable bonds is 8. The summed E-state index contributed by atoms with van der Waals surface area (Å²) in [6, 6.07) is 17.5. The Morgan fingerprint density at radius 3 is 2.30 bits per heavy atom. The minimum absolute atomic E-state index is 0.666. The third-order valence-corrected chi connectivity index (χ3v) is 6.05. The highest BCUT2D eigenvalue weighted by Crippen LogP contribution is 2.36. The molecular weight excluding hydrogens is 364 g/mol. The molecule has 1 fully saturated rings. The molecule has 0 aromatic heterocycles. The van der Waals surface area contributed by atoms with E-state index in [2.05, 4.69) is 86.4 Å². The first-order chi connectivity index (χ1) is 14.8. The first-order valence-electron chi connectivity index (χ1n) is 11.8. The van der Waals surface area contributed by atoms with E-state index >= 15 is 0 Å². The summed E-state index contributed by atoms with van der Waals surface area (Å²) in [5.74, 6) is 8.84. The van der Waals surface area contributed by atoms with Crippen molar-refractivity contribution in [1.29, 1.82) is 0 Å². The Morgan fingerprint density at radius 1 is 0.900 bits per heavy atom. The molecule has 0 heterocycles. The van der Waals surface area contributed by atoms with Gasteiger partial charge in [0, 0.05) is 5.56 Å². The van der Waals surface area contributed by atoms with Gasteiger partial charge in [0.15, 0.2) is 0 Å². The molecule has 1 aliphatic carbocycles. The smallest absolute Gasteiger partial charge is 0.119 e. The maximum atomic E-state index is 5.79. The summed E-state index contributed by atoms with van der Waals surface area (Å²) >= 11 is 0. The van der Waals surface area contributed by atoms with Crippen LogP contribution in [0.4, 0.5) is 0 Å². The second kappa shape index (κ2) is 12.3. The van der Waals surface area contributed by atoms with Gasteiger partial charge in [-0.2, -0.15) is 0 Å². The van der Waals surface area contributed by atoms with Crippen LogP contribution >= 0.6 is 0 Å². The summed E-state index contributed by atoms with van der Waals surface area (Å²) in [6.45, 7) is 5.23. The van der Waals surface area contributed by atoms with E-state index in [9.17, 15) is 0 Å². The lowest BCUT2D eigenvalue weighted by molar-refractivity contribution is 0.309. The lowest BCUT2D eigenvalue weighted by atomic mass is 9.78. The van der Waals surface area contributed by atoms with Crippen LogP contribution < -0.4 is 4.74 Å². The highest BCUT2D eigenvalue weighted by atomic mass is 16.5. The van der Waals surface area contributed by atoms with Crippen molar-refractivity contribution >= 4 is 0 Å². The molecule has 1 nitrogen and oxygen atoms in total. The maximum Gasteiger partial charge on any atom is 0.119 e. The zero-order valence-electron chi connectivity index (χ0n) is 18.7. The zero-order chi connectivity index (χ0) is 21.0. The van der Waals surface area contributed by atoms with Crippen LogP contribution in [0.15, 0.2) is 60.7 Å². The van der Waals surface area contributed by atoms with Gasteiger partial charge in [0.1, 0.15) is 5.75 Å². The lowest BCUT2D eigenvalue weighted by Gasteiger charge is -2.27. The number of unbranched alkanes of at least 4 members (excludes halogenated alkanes) is 1. The highest BCUT2D eigenvalue weighted by Gasteiger charge is 2.20. The average Bonchev–Trinajstić information content (AvgIpc) is 2.79. The molecule has 2 aromatic rings. The molecule has 0 unspecified atom stereocenters. The predicted octanol–water partition coefficient (Wildman–Crippen LogP) is 7.70. The minimum Gasteiger partial charge on any atom is -0.494 e. The molecule has 1 saturated carbocycles. The van der Waals surface area contributed by atoms with E-state index in [4.69, 9.17) is 4.74 Å². The van der Waals surface area contributed by atoms with Crippen molar-refractivity contribution in [3.63, 3.8) is 0 Å². The van der Waals surface area contributed by atoms with Crippen molar-refractivity contribution in [1.82, 2.24) is 0 Å². The fraction of sp³-hybridized carbons (Fsp3) is 0.448. The molecule has 1 aliphatic rings. The van der Waals surface area contributed by atoms with E-state index in [1.54, 1.807) is 0 Å². The third kappa shape index (κ3) is 7.10. The summed E-state index contributed by atoms with van der Waals surface area (Å²) in [7, 11) is 0. The topological polar surface area (TPSA) is 9.23 Å². The second-order valence-corrected chi connectivity index (χ2v) is 8.46. The molecule has 1 heteroatoms. The summed E-state index contributed by atoms with van der Waals surface area (Å²) in [5.41, 5.74) is 3.96. The molecule has 0 radical (unpaired) electrons. The van der Waals surface area contributed by atoms with Gasteiger partial charge >= 0.3 is 0 Å². The van der Waals surface area contributed by atoms with Crippen LogP contribution in [0.1, 0.15) is 81.4 Å². The van der Waals surface area contributed by atoms with Crippen LogP contribution in [0.3, 0.4) is 0 Å². The van der Waals surface area contributed by atoms with Crippen LogP contribution in [0, 0.1) is 17.8 Å². The van der Waals surface area contributed by atoms with Crippen molar-refractivity contribution in [2.75, 3.05) is 6.61 Å². The number of ether oxygens (including phenoxy) is 1. The number of aryl methyl sites for hydroxylation is 1. The normalized spacial score (nSPS) is 18.7. The third-order valence-electron chi connectivity index (χ3n) is 6.05. The molecule has 0 saturated heterocycles. The Kier molecular flexibility index (Phi) is 9.10. The van der Waals surface area contributed by atoms with Gasteiger partial charge in [0.2, 0.25) is 0 Å². The van der Waals surface area contributed by atoms with Crippen LogP contribution in [-0.2, 0) is 6.42 Å². The van der Waals surface area contributed by atoms with Gasteiger partial charge in [-0.25, -0.2) is 0 Å². The molecule has 0 amide bonds. The van der Waals surface area contributed by atoms with Crippen LogP contribution in [0.2, 0.25) is 0 Å². The number of hydrogen-bond donors (Lipinski definition) is 0.